The molecular weight excluding hydrogens is 244 g/mol. The van der Waals surface area contributed by atoms with E-state index in [4.69, 9.17) is 10.6 Å². The molecule has 0 aromatic carbocycles. The lowest BCUT2D eigenvalue weighted by Crippen LogP contribution is -2.16. The van der Waals surface area contributed by atoms with Crippen molar-refractivity contribution in [2.75, 3.05) is 35.9 Å². The molecule has 9 heteroatoms. The first kappa shape index (κ1) is 13.6. The maximum absolute atomic E-state index is 10.9. The summed E-state index contributed by atoms with van der Waals surface area (Å²) in [5.41, 5.74) is 2.32. The Hall–Kier alpha value is -1.48. The molecule has 1 unspecified atom stereocenters. The number of anilines is 2. The summed E-state index contributed by atoms with van der Waals surface area (Å²) in [4.78, 5) is 11.9. The quantitative estimate of drug-likeness (QED) is 0.437. The van der Waals surface area contributed by atoms with E-state index in [2.05, 4.69) is 25.7 Å². The number of aromatic nitrogens is 3. The number of ether oxygens (including phenoxy) is 1. The minimum absolute atomic E-state index is 0.190. The van der Waals surface area contributed by atoms with E-state index in [1.165, 1.54) is 0 Å². The fourth-order valence-corrected chi connectivity index (χ4v) is 1.39. The first-order chi connectivity index (χ1) is 8.15. The molecule has 0 fully saturated rings. The maximum atomic E-state index is 10.9. The van der Waals surface area contributed by atoms with Crippen LogP contribution >= 0.6 is 0 Å². The Bertz CT molecular complexity index is 388. The molecule has 1 atom stereocenters. The maximum Gasteiger partial charge on any atom is 0.323 e. The summed E-state index contributed by atoms with van der Waals surface area (Å²) in [5, 5.41) is 2.92. The average molecular weight is 260 g/mol. The Labute approximate surface area is 102 Å². The van der Waals surface area contributed by atoms with Gasteiger partial charge >= 0.3 is 6.01 Å². The fourth-order valence-electron chi connectivity index (χ4n) is 1.00. The number of nitrogens with one attached hydrogen (secondary N) is 2. The molecule has 1 aromatic heterocycles. The lowest BCUT2D eigenvalue weighted by Gasteiger charge is -2.07. The van der Waals surface area contributed by atoms with Crippen molar-refractivity contribution >= 4 is 22.7 Å². The summed E-state index contributed by atoms with van der Waals surface area (Å²) < 4.78 is 16.0. The highest BCUT2D eigenvalue weighted by molar-refractivity contribution is 7.84. The summed E-state index contributed by atoms with van der Waals surface area (Å²) in [7, 11) is -0.860. The first-order valence-corrected chi connectivity index (χ1v) is 6.77. The Balaban J connectivity index is 2.69. The van der Waals surface area contributed by atoms with E-state index in [0.29, 0.717) is 24.9 Å². The standard InChI is InChI=1S/C8H16N6O2S/c1-3-16-8-12-6(10-4-5-17(2)15)11-7(13-8)14-9/h3-5,9H2,1-2H3,(H2,10,11,12,13,14). The third kappa shape index (κ3) is 4.91. The number of nitrogens with zero attached hydrogens (tertiary/aromatic N) is 3. The molecule has 17 heavy (non-hydrogen) atoms. The SMILES string of the molecule is CCOc1nc(NN)nc(NCCS(C)=O)n1. The van der Waals surface area contributed by atoms with E-state index in [-0.39, 0.29) is 12.0 Å². The van der Waals surface area contributed by atoms with Crippen LogP contribution in [0.4, 0.5) is 11.9 Å². The van der Waals surface area contributed by atoms with Gasteiger partial charge < -0.3 is 10.1 Å². The van der Waals surface area contributed by atoms with Crippen LogP contribution in [0.25, 0.3) is 0 Å². The minimum atomic E-state index is -0.860. The molecule has 96 valence electrons. The Kier molecular flexibility index (Phi) is 5.57. The van der Waals surface area contributed by atoms with Crippen molar-refractivity contribution in [1.82, 2.24) is 15.0 Å². The van der Waals surface area contributed by atoms with Gasteiger partial charge in [-0.2, -0.15) is 15.0 Å². The number of hydrazine groups is 1. The van der Waals surface area contributed by atoms with Gasteiger partial charge in [0.05, 0.1) is 6.61 Å². The van der Waals surface area contributed by atoms with Crippen LogP contribution in [0.1, 0.15) is 6.92 Å². The van der Waals surface area contributed by atoms with E-state index < -0.39 is 10.8 Å². The topological polar surface area (TPSA) is 115 Å². The second-order valence-corrected chi connectivity index (χ2v) is 4.60. The first-order valence-electron chi connectivity index (χ1n) is 5.05. The molecule has 0 spiro atoms. The van der Waals surface area contributed by atoms with Crippen molar-refractivity contribution in [3.8, 4) is 6.01 Å². The molecule has 0 aliphatic carbocycles. The van der Waals surface area contributed by atoms with Crippen molar-refractivity contribution in [3.05, 3.63) is 0 Å². The lowest BCUT2D eigenvalue weighted by atomic mass is 10.7. The lowest BCUT2D eigenvalue weighted by molar-refractivity contribution is 0.312. The molecule has 0 aliphatic rings. The summed E-state index contributed by atoms with van der Waals surface area (Å²) in [5.74, 6) is 6.29. The van der Waals surface area contributed by atoms with Crippen LogP contribution in [0.3, 0.4) is 0 Å². The van der Waals surface area contributed by atoms with E-state index in [9.17, 15) is 4.21 Å². The Morgan fingerprint density at radius 1 is 1.35 bits per heavy atom. The second-order valence-electron chi connectivity index (χ2n) is 3.05. The third-order valence-corrected chi connectivity index (χ3v) is 2.47. The molecule has 0 saturated carbocycles. The van der Waals surface area contributed by atoms with Crippen LogP contribution in [0.5, 0.6) is 6.01 Å². The highest BCUT2D eigenvalue weighted by atomic mass is 32.2. The van der Waals surface area contributed by atoms with Crippen molar-refractivity contribution in [3.63, 3.8) is 0 Å². The summed E-state index contributed by atoms with van der Waals surface area (Å²) in [6.07, 6.45) is 1.63. The number of nitrogen functional groups attached to an aromatic ring is 1. The van der Waals surface area contributed by atoms with Gasteiger partial charge in [-0.1, -0.05) is 0 Å². The van der Waals surface area contributed by atoms with Gasteiger partial charge in [0.2, 0.25) is 11.9 Å². The molecule has 1 rings (SSSR count). The number of hydrogen-bond acceptors (Lipinski definition) is 8. The highest BCUT2D eigenvalue weighted by Crippen LogP contribution is 2.09. The van der Waals surface area contributed by atoms with Gasteiger partial charge in [-0.25, -0.2) is 5.84 Å². The summed E-state index contributed by atoms with van der Waals surface area (Å²) in [6, 6.07) is 0.190. The van der Waals surface area contributed by atoms with Crippen molar-refractivity contribution in [1.29, 1.82) is 0 Å². The summed E-state index contributed by atoms with van der Waals surface area (Å²) >= 11 is 0. The third-order valence-electron chi connectivity index (χ3n) is 1.69. The van der Waals surface area contributed by atoms with Crippen molar-refractivity contribution in [2.24, 2.45) is 5.84 Å². The van der Waals surface area contributed by atoms with Gasteiger partial charge in [-0.05, 0) is 6.92 Å². The number of nitrogens with two attached hydrogens (primary N) is 1. The van der Waals surface area contributed by atoms with E-state index in [1.807, 2.05) is 6.92 Å². The average Bonchev–Trinajstić information content (AvgIpc) is 2.28. The predicted octanol–water partition coefficient (Wildman–Crippen LogP) is -0.654. The second kappa shape index (κ2) is 6.97. The zero-order valence-electron chi connectivity index (χ0n) is 9.77. The largest absolute Gasteiger partial charge is 0.464 e. The number of hydrogen-bond donors (Lipinski definition) is 3. The molecule has 0 aliphatic heterocycles. The minimum Gasteiger partial charge on any atom is -0.464 e. The zero-order valence-corrected chi connectivity index (χ0v) is 10.6. The van der Waals surface area contributed by atoms with Crippen molar-refractivity contribution in [2.45, 2.75) is 6.92 Å². The summed E-state index contributed by atoms with van der Waals surface area (Å²) in [6.45, 7) is 2.78. The fraction of sp³-hybridized carbons (Fsp3) is 0.625. The number of rotatable bonds is 7. The van der Waals surface area contributed by atoms with Gasteiger partial charge in [0, 0.05) is 29.4 Å². The van der Waals surface area contributed by atoms with E-state index in [1.54, 1.807) is 6.26 Å². The van der Waals surface area contributed by atoms with Gasteiger partial charge in [-0.15, -0.1) is 0 Å². The predicted molar refractivity (Wildman–Crippen MR) is 66.2 cm³/mol. The van der Waals surface area contributed by atoms with Crippen LogP contribution in [-0.2, 0) is 10.8 Å². The molecule has 1 heterocycles. The van der Waals surface area contributed by atoms with Crippen LogP contribution in [0, 0.1) is 0 Å². The molecule has 0 radical (unpaired) electrons. The monoisotopic (exact) mass is 260 g/mol. The zero-order chi connectivity index (χ0) is 12.7. The highest BCUT2D eigenvalue weighted by Gasteiger charge is 2.05. The molecular formula is C8H16N6O2S. The van der Waals surface area contributed by atoms with Gasteiger partial charge in [0.1, 0.15) is 0 Å². The Morgan fingerprint density at radius 2 is 2.06 bits per heavy atom. The van der Waals surface area contributed by atoms with E-state index >= 15 is 0 Å². The molecule has 0 saturated heterocycles. The smallest absolute Gasteiger partial charge is 0.323 e. The van der Waals surface area contributed by atoms with Gasteiger partial charge in [0.25, 0.3) is 0 Å². The van der Waals surface area contributed by atoms with Crippen molar-refractivity contribution < 1.29 is 8.95 Å². The normalized spacial score (nSPS) is 11.9. The van der Waals surface area contributed by atoms with E-state index in [0.717, 1.165) is 0 Å². The molecule has 1 aromatic rings. The van der Waals surface area contributed by atoms with Crippen LogP contribution in [-0.4, -0.2) is 44.3 Å². The van der Waals surface area contributed by atoms with Gasteiger partial charge in [-0.3, -0.25) is 9.63 Å². The van der Waals surface area contributed by atoms with Gasteiger partial charge in [0.15, 0.2) is 0 Å². The molecule has 4 N–H and O–H groups in total. The Morgan fingerprint density at radius 3 is 2.65 bits per heavy atom. The van der Waals surface area contributed by atoms with Crippen LogP contribution in [0.2, 0.25) is 0 Å². The molecule has 8 nitrogen and oxygen atoms in total. The molecule has 0 bridgehead atoms. The van der Waals surface area contributed by atoms with Crippen LogP contribution < -0.4 is 21.3 Å². The van der Waals surface area contributed by atoms with Crippen LogP contribution in [0.15, 0.2) is 0 Å². The molecule has 0 amide bonds.